The molecule has 0 aromatic heterocycles. The van der Waals surface area contributed by atoms with Crippen LogP contribution in [0.25, 0.3) is 0 Å². The third-order valence-electron chi connectivity index (χ3n) is 1.60. The lowest BCUT2D eigenvalue weighted by Crippen LogP contribution is -2.01. The summed E-state index contributed by atoms with van der Waals surface area (Å²) in [5, 5.41) is 0.564. The molecule has 0 rings (SSSR count). The molecule has 0 bridgehead atoms. The zero-order valence-electron chi connectivity index (χ0n) is 8.07. The minimum atomic E-state index is 0.413. The lowest BCUT2D eigenvalue weighted by molar-refractivity contribution is 0.878. The van der Waals surface area contributed by atoms with Crippen molar-refractivity contribution in [2.45, 2.75) is 20.8 Å². The Labute approximate surface area is 96.6 Å². The number of nitrogens with zero attached hydrogens (tertiary/aromatic N) is 1. The second-order valence-corrected chi connectivity index (χ2v) is 4.44. The monoisotopic (exact) mass is 233 g/mol. The average Bonchev–Trinajstić information content (AvgIpc) is 2.02. The number of thiol groups is 3. The van der Waals surface area contributed by atoms with Crippen LogP contribution in [0.2, 0.25) is 0 Å². The summed E-state index contributed by atoms with van der Waals surface area (Å²) in [4.78, 5) is 5.47. The Bertz CT molecular complexity index is 264. The van der Waals surface area contributed by atoms with E-state index in [1.165, 1.54) is 0 Å². The fraction of sp³-hybridized carbons (Fsp3) is 0.444. The zero-order valence-corrected chi connectivity index (χ0v) is 10.8. The molecule has 13 heavy (non-hydrogen) atoms. The van der Waals surface area contributed by atoms with Crippen LogP contribution < -0.4 is 0 Å². The van der Waals surface area contributed by atoms with Crippen LogP contribution in [0.1, 0.15) is 20.8 Å². The fourth-order valence-electron chi connectivity index (χ4n) is 0.478. The van der Waals surface area contributed by atoms with Crippen LogP contribution in [-0.2, 0) is 0 Å². The molecule has 4 heteroatoms. The molecule has 0 atom stereocenters. The molecular weight excluding hydrogens is 218 g/mol. The van der Waals surface area contributed by atoms with E-state index in [4.69, 9.17) is 0 Å². The molecule has 0 amide bonds. The van der Waals surface area contributed by atoms with Gasteiger partial charge in [0.25, 0.3) is 0 Å². The predicted octanol–water partition coefficient (Wildman–Crippen LogP) is 3.58. The van der Waals surface area contributed by atoms with E-state index in [1.807, 2.05) is 6.92 Å². The van der Waals surface area contributed by atoms with Crippen molar-refractivity contribution in [2.24, 2.45) is 10.9 Å². The standard InChI is InChI=1S/C9H15NS3/c1-5(2)6(3)10-9(13)8(12)7(4)11/h5,11-13H,4H2,1-3H3/b9-8-,10-6+. The average molecular weight is 233 g/mol. The minimum absolute atomic E-state index is 0.413. The Morgan fingerprint density at radius 1 is 1.23 bits per heavy atom. The first-order valence-corrected chi connectivity index (χ1v) is 5.26. The van der Waals surface area contributed by atoms with Gasteiger partial charge in [-0.25, -0.2) is 4.99 Å². The first kappa shape index (κ1) is 13.2. The van der Waals surface area contributed by atoms with E-state index < -0.39 is 0 Å². The molecule has 0 aromatic carbocycles. The second kappa shape index (κ2) is 5.83. The molecule has 0 aliphatic heterocycles. The Hall–Kier alpha value is 0.200. The minimum Gasteiger partial charge on any atom is -0.250 e. The summed E-state index contributed by atoms with van der Waals surface area (Å²) >= 11 is 12.4. The topological polar surface area (TPSA) is 12.4 Å². The highest BCUT2D eigenvalue weighted by molar-refractivity contribution is 7.92. The Morgan fingerprint density at radius 3 is 2.00 bits per heavy atom. The summed E-state index contributed by atoms with van der Waals surface area (Å²) in [5.74, 6) is 0.413. The van der Waals surface area contributed by atoms with Gasteiger partial charge in [-0.05, 0) is 12.8 Å². The van der Waals surface area contributed by atoms with Gasteiger partial charge in [0.2, 0.25) is 0 Å². The number of rotatable bonds is 3. The molecule has 1 nitrogen and oxygen atoms in total. The maximum atomic E-state index is 4.27. The quantitative estimate of drug-likeness (QED) is 0.374. The van der Waals surface area contributed by atoms with Crippen LogP contribution >= 0.6 is 37.9 Å². The highest BCUT2D eigenvalue weighted by Gasteiger charge is 2.02. The van der Waals surface area contributed by atoms with Gasteiger partial charge in [-0.1, -0.05) is 20.4 Å². The highest BCUT2D eigenvalue weighted by atomic mass is 32.1. The second-order valence-electron chi connectivity index (χ2n) is 3.03. The first-order chi connectivity index (χ1) is 5.86. The van der Waals surface area contributed by atoms with Crippen LogP contribution in [-0.4, -0.2) is 5.71 Å². The maximum absolute atomic E-state index is 4.27. The van der Waals surface area contributed by atoms with Gasteiger partial charge in [0.15, 0.2) is 0 Å². The molecule has 0 unspecified atom stereocenters. The molecule has 0 fully saturated rings. The maximum Gasteiger partial charge on any atom is 0.107 e. The zero-order chi connectivity index (χ0) is 10.6. The lowest BCUT2D eigenvalue weighted by Gasteiger charge is -2.05. The molecule has 0 aliphatic rings. The first-order valence-electron chi connectivity index (χ1n) is 3.91. The van der Waals surface area contributed by atoms with Crippen molar-refractivity contribution in [1.29, 1.82) is 0 Å². The van der Waals surface area contributed by atoms with Crippen molar-refractivity contribution in [3.63, 3.8) is 0 Å². The van der Waals surface area contributed by atoms with Crippen molar-refractivity contribution in [3.05, 3.63) is 21.4 Å². The Kier molecular flexibility index (Phi) is 5.92. The van der Waals surface area contributed by atoms with Crippen LogP contribution in [0.5, 0.6) is 0 Å². The van der Waals surface area contributed by atoms with E-state index in [-0.39, 0.29) is 0 Å². The lowest BCUT2D eigenvalue weighted by atomic mass is 10.1. The Balaban J connectivity index is 4.81. The molecule has 0 heterocycles. The van der Waals surface area contributed by atoms with Gasteiger partial charge >= 0.3 is 0 Å². The SMILES string of the molecule is C=C(S)/C(S)=C(S)\N=C(/C)C(C)C. The van der Waals surface area contributed by atoms with Gasteiger partial charge in [-0.2, -0.15) is 0 Å². The number of hydrogen-bond donors (Lipinski definition) is 3. The van der Waals surface area contributed by atoms with Gasteiger partial charge in [-0.3, -0.25) is 0 Å². The molecule has 0 N–H and O–H groups in total. The fourth-order valence-corrected chi connectivity index (χ4v) is 1.01. The molecule has 0 saturated heterocycles. The molecule has 0 saturated carbocycles. The van der Waals surface area contributed by atoms with Gasteiger partial charge in [0, 0.05) is 15.5 Å². The van der Waals surface area contributed by atoms with E-state index in [9.17, 15) is 0 Å². The Morgan fingerprint density at radius 2 is 1.69 bits per heavy atom. The molecule has 0 radical (unpaired) electrons. The molecule has 74 valence electrons. The van der Waals surface area contributed by atoms with Gasteiger partial charge in [0.1, 0.15) is 5.03 Å². The molecule has 0 aliphatic carbocycles. The van der Waals surface area contributed by atoms with E-state index in [1.54, 1.807) is 0 Å². The van der Waals surface area contributed by atoms with Crippen LogP contribution in [0.3, 0.4) is 0 Å². The highest BCUT2D eigenvalue weighted by Crippen LogP contribution is 2.23. The van der Waals surface area contributed by atoms with Crippen molar-refractivity contribution < 1.29 is 0 Å². The van der Waals surface area contributed by atoms with Crippen LogP contribution in [0, 0.1) is 5.92 Å². The van der Waals surface area contributed by atoms with Crippen LogP contribution in [0.15, 0.2) is 26.4 Å². The normalized spacial score (nSPS) is 14.5. The largest absolute Gasteiger partial charge is 0.250 e. The van der Waals surface area contributed by atoms with E-state index in [0.717, 1.165) is 5.71 Å². The third-order valence-corrected chi connectivity index (χ3v) is 2.98. The van der Waals surface area contributed by atoms with Gasteiger partial charge < -0.3 is 0 Å². The van der Waals surface area contributed by atoms with E-state index in [2.05, 4.69) is 63.3 Å². The van der Waals surface area contributed by atoms with Gasteiger partial charge in [-0.15, -0.1) is 37.9 Å². The number of aliphatic imine (C=N–C) groups is 1. The van der Waals surface area contributed by atoms with Crippen molar-refractivity contribution in [3.8, 4) is 0 Å². The smallest absolute Gasteiger partial charge is 0.107 e. The summed E-state index contributed by atoms with van der Waals surface area (Å²) in [5.41, 5.74) is 1.02. The van der Waals surface area contributed by atoms with E-state index >= 15 is 0 Å². The summed E-state index contributed by atoms with van der Waals surface area (Å²) in [6.45, 7) is 9.76. The summed E-state index contributed by atoms with van der Waals surface area (Å²) in [7, 11) is 0. The predicted molar refractivity (Wildman–Crippen MR) is 71.1 cm³/mol. The summed E-state index contributed by atoms with van der Waals surface area (Å²) in [6, 6.07) is 0. The molecular formula is C9H15NS3. The van der Waals surface area contributed by atoms with E-state index in [0.29, 0.717) is 20.8 Å². The molecule has 0 spiro atoms. The summed E-state index contributed by atoms with van der Waals surface area (Å²) in [6.07, 6.45) is 0. The van der Waals surface area contributed by atoms with Crippen LogP contribution in [0.4, 0.5) is 0 Å². The van der Waals surface area contributed by atoms with Gasteiger partial charge in [0.05, 0.1) is 0 Å². The van der Waals surface area contributed by atoms with Crippen molar-refractivity contribution in [2.75, 3.05) is 0 Å². The third kappa shape index (κ3) is 4.84. The van der Waals surface area contributed by atoms with Crippen molar-refractivity contribution in [1.82, 2.24) is 0 Å². The number of hydrogen-bond acceptors (Lipinski definition) is 4. The molecule has 0 aromatic rings. The summed E-state index contributed by atoms with van der Waals surface area (Å²) < 4.78 is 0. The van der Waals surface area contributed by atoms with Crippen molar-refractivity contribution >= 4 is 43.6 Å².